The quantitative estimate of drug-likeness (QED) is 0.554. The minimum atomic E-state index is 0.166. The summed E-state index contributed by atoms with van der Waals surface area (Å²) in [5.41, 5.74) is 1.23. The largest absolute Gasteiger partial charge is 0.337 e. The third-order valence-electron chi connectivity index (χ3n) is 4.09. The Hall–Kier alpha value is -1.14. The van der Waals surface area contributed by atoms with Gasteiger partial charge in [0.25, 0.3) is 0 Å². The summed E-state index contributed by atoms with van der Waals surface area (Å²) in [7, 11) is 0. The van der Waals surface area contributed by atoms with Gasteiger partial charge < -0.3 is 4.90 Å². The Morgan fingerprint density at radius 2 is 1.79 bits per heavy atom. The average molecular weight is 366 g/mol. The van der Waals surface area contributed by atoms with Crippen LogP contribution < -0.4 is 0 Å². The van der Waals surface area contributed by atoms with Gasteiger partial charge in [0, 0.05) is 28.8 Å². The van der Waals surface area contributed by atoms with Gasteiger partial charge in [-0.1, -0.05) is 18.7 Å². The highest BCUT2D eigenvalue weighted by molar-refractivity contribution is 8.00. The minimum absolute atomic E-state index is 0.166. The number of thioether (sulfide) groups is 1. The summed E-state index contributed by atoms with van der Waals surface area (Å²) in [6, 6.07) is 0.416. The lowest BCUT2D eigenvalue weighted by Gasteiger charge is -2.30. The summed E-state index contributed by atoms with van der Waals surface area (Å²) in [5.74, 6) is 1.43. The van der Waals surface area contributed by atoms with Crippen LogP contribution >= 0.6 is 23.1 Å². The maximum absolute atomic E-state index is 12.6. The van der Waals surface area contributed by atoms with Crippen molar-refractivity contribution in [3.05, 3.63) is 16.3 Å². The molecule has 0 spiro atoms. The van der Waals surface area contributed by atoms with Crippen LogP contribution in [0.15, 0.2) is 5.03 Å². The van der Waals surface area contributed by atoms with Crippen molar-refractivity contribution in [1.29, 1.82) is 0 Å². The summed E-state index contributed by atoms with van der Waals surface area (Å²) < 4.78 is 0. The van der Waals surface area contributed by atoms with Gasteiger partial charge in [-0.2, -0.15) is 0 Å². The Kier molecular flexibility index (Phi) is 6.26. The highest BCUT2D eigenvalue weighted by Gasteiger charge is 2.21. The molecular formula is C18H27N3OS2. The molecule has 132 valence electrons. The molecule has 0 unspecified atom stereocenters. The van der Waals surface area contributed by atoms with Crippen molar-refractivity contribution >= 4 is 39.2 Å². The molecule has 0 atom stereocenters. The van der Waals surface area contributed by atoms with Gasteiger partial charge in [-0.15, -0.1) is 11.3 Å². The molecule has 0 aliphatic heterocycles. The molecule has 0 saturated heterocycles. The van der Waals surface area contributed by atoms with Crippen molar-refractivity contribution in [2.24, 2.45) is 0 Å². The fourth-order valence-electron chi connectivity index (χ4n) is 2.89. The van der Waals surface area contributed by atoms with Crippen molar-refractivity contribution in [3.63, 3.8) is 0 Å². The van der Waals surface area contributed by atoms with Crippen molar-refractivity contribution < 1.29 is 4.79 Å². The lowest BCUT2D eigenvalue weighted by atomic mass is 10.2. The highest BCUT2D eigenvalue weighted by atomic mass is 32.2. The van der Waals surface area contributed by atoms with Crippen LogP contribution in [0.1, 0.15) is 50.9 Å². The van der Waals surface area contributed by atoms with Crippen molar-refractivity contribution in [2.75, 3.05) is 5.75 Å². The van der Waals surface area contributed by atoms with E-state index >= 15 is 0 Å². The SMILES string of the molecule is CCc1nc(SCC(=O)N(C(C)C)C(C)C)c2c(C)c(C)sc2n1. The van der Waals surface area contributed by atoms with E-state index in [0.29, 0.717) is 5.75 Å². The number of hydrogen-bond acceptors (Lipinski definition) is 5. The highest BCUT2D eigenvalue weighted by Crippen LogP contribution is 2.35. The van der Waals surface area contributed by atoms with Crippen molar-refractivity contribution in [1.82, 2.24) is 14.9 Å². The first-order chi connectivity index (χ1) is 11.3. The average Bonchev–Trinajstić information content (AvgIpc) is 2.78. The lowest BCUT2D eigenvalue weighted by Crippen LogP contribution is -2.43. The molecule has 0 radical (unpaired) electrons. The molecule has 0 N–H and O–H groups in total. The smallest absolute Gasteiger partial charge is 0.233 e. The second kappa shape index (κ2) is 7.83. The molecule has 2 rings (SSSR count). The zero-order valence-corrected chi connectivity index (χ0v) is 17.3. The van der Waals surface area contributed by atoms with Crippen LogP contribution in [-0.2, 0) is 11.2 Å². The summed E-state index contributed by atoms with van der Waals surface area (Å²) in [4.78, 5) is 26.3. The Bertz CT molecular complexity index is 729. The van der Waals surface area contributed by atoms with Crippen molar-refractivity contribution in [3.8, 4) is 0 Å². The number of aromatic nitrogens is 2. The molecule has 4 nitrogen and oxygen atoms in total. The first kappa shape index (κ1) is 19.2. The number of carbonyl (C=O) groups is 1. The predicted molar refractivity (Wildman–Crippen MR) is 104 cm³/mol. The van der Waals surface area contributed by atoms with Gasteiger partial charge in [-0.25, -0.2) is 9.97 Å². The topological polar surface area (TPSA) is 46.1 Å². The van der Waals surface area contributed by atoms with E-state index in [1.807, 2.05) is 4.90 Å². The molecule has 0 aliphatic carbocycles. The van der Waals surface area contributed by atoms with E-state index < -0.39 is 0 Å². The first-order valence-corrected chi connectivity index (χ1v) is 10.3. The Morgan fingerprint density at radius 1 is 1.17 bits per heavy atom. The number of amides is 1. The van der Waals surface area contributed by atoms with E-state index in [2.05, 4.69) is 53.5 Å². The van der Waals surface area contributed by atoms with Gasteiger partial charge in [0.2, 0.25) is 5.91 Å². The number of hydrogen-bond donors (Lipinski definition) is 0. The normalized spacial score (nSPS) is 11.7. The van der Waals surface area contributed by atoms with Crippen LogP contribution in [0.3, 0.4) is 0 Å². The monoisotopic (exact) mass is 365 g/mol. The van der Waals surface area contributed by atoms with Gasteiger partial charge in [-0.3, -0.25) is 4.79 Å². The van der Waals surface area contributed by atoms with E-state index in [9.17, 15) is 4.79 Å². The maximum Gasteiger partial charge on any atom is 0.233 e. The molecule has 0 bridgehead atoms. The third-order valence-corrected chi connectivity index (χ3v) is 6.15. The number of rotatable bonds is 6. The molecule has 1 amide bonds. The number of carbonyl (C=O) groups excluding carboxylic acids is 1. The Labute approximate surface area is 153 Å². The van der Waals surface area contributed by atoms with Crippen molar-refractivity contribution in [2.45, 2.75) is 72.0 Å². The van der Waals surface area contributed by atoms with E-state index in [4.69, 9.17) is 4.98 Å². The Balaban J connectivity index is 2.31. The van der Waals surface area contributed by atoms with Crippen LogP contribution in [0.4, 0.5) is 0 Å². The lowest BCUT2D eigenvalue weighted by molar-refractivity contribution is -0.131. The van der Waals surface area contributed by atoms with Gasteiger partial charge >= 0.3 is 0 Å². The summed E-state index contributed by atoms with van der Waals surface area (Å²) >= 11 is 3.26. The molecule has 0 fully saturated rings. The fourth-order valence-corrected chi connectivity index (χ4v) is 4.98. The standard InChI is InChI=1S/C18H27N3OS2/c1-8-14-19-17(16-12(6)13(7)24-18(16)20-14)23-9-15(22)21(10(2)3)11(4)5/h10-11H,8-9H2,1-7H3. The summed E-state index contributed by atoms with van der Waals surface area (Å²) in [5, 5.41) is 2.06. The molecular weight excluding hydrogens is 338 g/mol. The molecule has 0 saturated carbocycles. The molecule has 0 aliphatic rings. The third kappa shape index (κ3) is 3.91. The number of aryl methyl sites for hydroxylation is 3. The number of thiophene rings is 1. The van der Waals surface area contributed by atoms with Crippen LogP contribution in [0.25, 0.3) is 10.2 Å². The van der Waals surface area contributed by atoms with Gasteiger partial charge in [0.15, 0.2) is 0 Å². The maximum atomic E-state index is 12.6. The molecule has 0 aromatic carbocycles. The summed E-state index contributed by atoms with van der Waals surface area (Å²) in [6.45, 7) is 14.5. The molecule has 2 aromatic heterocycles. The van der Waals surface area contributed by atoms with Crippen LogP contribution in [0, 0.1) is 13.8 Å². The van der Waals surface area contributed by atoms with E-state index in [-0.39, 0.29) is 18.0 Å². The van der Waals surface area contributed by atoms with E-state index in [1.54, 1.807) is 23.1 Å². The fraction of sp³-hybridized carbons (Fsp3) is 0.611. The van der Waals surface area contributed by atoms with Crippen LogP contribution in [0.2, 0.25) is 0 Å². The van der Waals surface area contributed by atoms with E-state index in [0.717, 1.165) is 27.5 Å². The predicted octanol–water partition coefficient (Wildman–Crippen LogP) is 4.61. The zero-order chi connectivity index (χ0) is 18.0. The van der Waals surface area contributed by atoms with Crippen LogP contribution in [-0.4, -0.2) is 38.6 Å². The van der Waals surface area contributed by atoms with Gasteiger partial charge in [0.05, 0.1) is 5.75 Å². The molecule has 2 aromatic rings. The molecule has 6 heteroatoms. The first-order valence-electron chi connectivity index (χ1n) is 8.46. The Morgan fingerprint density at radius 3 is 2.33 bits per heavy atom. The second-order valence-corrected chi connectivity index (χ2v) is 8.71. The zero-order valence-electron chi connectivity index (χ0n) is 15.6. The molecule has 24 heavy (non-hydrogen) atoms. The number of nitrogens with zero attached hydrogens (tertiary/aromatic N) is 3. The summed E-state index contributed by atoms with van der Waals surface area (Å²) in [6.07, 6.45) is 0.803. The number of fused-ring (bicyclic) bond motifs is 1. The second-order valence-electron chi connectivity index (χ2n) is 6.54. The minimum Gasteiger partial charge on any atom is -0.337 e. The van der Waals surface area contributed by atoms with Crippen LogP contribution in [0.5, 0.6) is 0 Å². The van der Waals surface area contributed by atoms with Gasteiger partial charge in [0.1, 0.15) is 15.7 Å². The molecule has 2 heterocycles. The van der Waals surface area contributed by atoms with E-state index in [1.165, 1.54) is 10.4 Å². The van der Waals surface area contributed by atoms with Gasteiger partial charge in [-0.05, 0) is 47.1 Å².